The zero-order valence-electron chi connectivity index (χ0n) is 14.9. The molecule has 1 amide bonds. The molecule has 26 heavy (non-hydrogen) atoms. The topological polar surface area (TPSA) is 57.7 Å². The van der Waals surface area contributed by atoms with E-state index in [0.29, 0.717) is 12.2 Å². The third kappa shape index (κ3) is 3.71. The Morgan fingerprint density at radius 3 is 2.81 bits per heavy atom. The monoisotopic (exact) mass is 352 g/mol. The van der Waals surface area contributed by atoms with Gasteiger partial charge in [0.25, 0.3) is 5.91 Å². The summed E-state index contributed by atoms with van der Waals surface area (Å²) in [6.07, 6.45) is 1.01. The predicted molar refractivity (Wildman–Crippen MR) is 101 cm³/mol. The smallest absolute Gasteiger partial charge is 0.270 e. The Morgan fingerprint density at radius 1 is 1.08 bits per heavy atom. The fourth-order valence-corrected chi connectivity index (χ4v) is 3.52. The minimum atomic E-state index is -0.118. The number of amides is 1. The molecule has 0 radical (unpaired) electrons. The van der Waals surface area contributed by atoms with Crippen LogP contribution in [0.4, 0.5) is 11.5 Å². The van der Waals surface area contributed by atoms with Crippen molar-refractivity contribution in [3.63, 3.8) is 0 Å². The van der Waals surface area contributed by atoms with E-state index >= 15 is 0 Å². The number of fused-ring (bicyclic) bond motifs is 1. The van der Waals surface area contributed by atoms with Gasteiger partial charge in [-0.1, -0.05) is 24.3 Å². The van der Waals surface area contributed by atoms with Crippen molar-refractivity contribution in [3.8, 4) is 0 Å². The van der Waals surface area contributed by atoms with E-state index in [4.69, 9.17) is 4.74 Å². The highest BCUT2D eigenvalue weighted by atomic mass is 16.5. The molecule has 0 spiro atoms. The summed E-state index contributed by atoms with van der Waals surface area (Å²) in [5.74, 6) is 0.711. The van der Waals surface area contributed by atoms with E-state index in [2.05, 4.69) is 38.3 Å². The fraction of sp³-hybridized carbons (Fsp3) is 0.400. The second-order valence-electron chi connectivity index (χ2n) is 6.62. The summed E-state index contributed by atoms with van der Waals surface area (Å²) in [5.41, 5.74) is 2.98. The van der Waals surface area contributed by atoms with Gasteiger partial charge in [0.15, 0.2) is 0 Å². The van der Waals surface area contributed by atoms with Gasteiger partial charge in [-0.2, -0.15) is 0 Å². The molecule has 6 nitrogen and oxygen atoms in total. The van der Waals surface area contributed by atoms with Crippen LogP contribution in [-0.2, 0) is 11.2 Å². The van der Waals surface area contributed by atoms with Crippen LogP contribution in [0.25, 0.3) is 0 Å². The van der Waals surface area contributed by atoms with Crippen molar-refractivity contribution in [1.82, 2.24) is 15.2 Å². The van der Waals surface area contributed by atoms with Gasteiger partial charge in [-0.3, -0.25) is 9.69 Å². The SMILES string of the molecule is O=C(NCCN1CCOCC1)c1cccc(N2CCc3ccccc32)n1. The lowest BCUT2D eigenvalue weighted by Gasteiger charge is -2.26. The lowest BCUT2D eigenvalue weighted by molar-refractivity contribution is 0.0383. The number of carbonyl (C=O) groups is 1. The number of anilines is 2. The first-order chi connectivity index (χ1) is 12.8. The van der Waals surface area contributed by atoms with E-state index in [1.165, 1.54) is 11.3 Å². The average molecular weight is 352 g/mol. The lowest BCUT2D eigenvalue weighted by atomic mass is 10.2. The number of hydrogen-bond donors (Lipinski definition) is 1. The minimum Gasteiger partial charge on any atom is -0.379 e. The van der Waals surface area contributed by atoms with Crippen LogP contribution in [0.2, 0.25) is 0 Å². The first kappa shape index (κ1) is 17.0. The normalized spacial score (nSPS) is 17.2. The molecule has 0 bridgehead atoms. The van der Waals surface area contributed by atoms with Crippen molar-refractivity contribution in [2.75, 3.05) is 50.8 Å². The first-order valence-corrected chi connectivity index (χ1v) is 9.22. The van der Waals surface area contributed by atoms with Gasteiger partial charge in [0.1, 0.15) is 11.5 Å². The number of hydrogen-bond acceptors (Lipinski definition) is 5. The summed E-state index contributed by atoms with van der Waals surface area (Å²) < 4.78 is 5.34. The van der Waals surface area contributed by atoms with E-state index in [9.17, 15) is 4.79 Å². The van der Waals surface area contributed by atoms with Crippen molar-refractivity contribution in [3.05, 3.63) is 53.7 Å². The zero-order valence-corrected chi connectivity index (χ0v) is 14.9. The Hall–Kier alpha value is -2.44. The molecule has 1 aromatic heterocycles. The highest BCUT2D eigenvalue weighted by molar-refractivity contribution is 5.92. The van der Waals surface area contributed by atoms with E-state index in [1.807, 2.05) is 18.2 Å². The van der Waals surface area contributed by atoms with Crippen LogP contribution in [0.3, 0.4) is 0 Å². The average Bonchev–Trinajstić information content (AvgIpc) is 3.13. The molecule has 4 rings (SSSR count). The third-order valence-electron chi connectivity index (χ3n) is 4.95. The zero-order chi connectivity index (χ0) is 17.8. The van der Waals surface area contributed by atoms with Gasteiger partial charge in [0.2, 0.25) is 0 Å². The maximum absolute atomic E-state index is 12.5. The van der Waals surface area contributed by atoms with Crippen LogP contribution in [-0.4, -0.2) is 61.7 Å². The highest BCUT2D eigenvalue weighted by Crippen LogP contribution is 2.33. The van der Waals surface area contributed by atoms with Crippen molar-refractivity contribution in [2.45, 2.75) is 6.42 Å². The molecule has 3 heterocycles. The number of rotatable bonds is 5. The standard InChI is InChI=1S/C20H24N4O2/c25-20(21-9-11-23-12-14-26-15-13-23)17-5-3-7-19(22-17)24-10-8-16-4-1-2-6-18(16)24/h1-7H,8-15H2,(H,21,25). The van der Waals surface area contributed by atoms with Crippen LogP contribution in [0.1, 0.15) is 16.1 Å². The minimum absolute atomic E-state index is 0.118. The third-order valence-corrected chi connectivity index (χ3v) is 4.95. The second-order valence-corrected chi connectivity index (χ2v) is 6.62. The Morgan fingerprint density at radius 2 is 1.92 bits per heavy atom. The molecular formula is C20H24N4O2. The molecule has 1 N–H and O–H groups in total. The fourth-order valence-electron chi connectivity index (χ4n) is 3.52. The molecule has 0 saturated carbocycles. The Labute approximate surface area is 153 Å². The maximum Gasteiger partial charge on any atom is 0.270 e. The number of benzene rings is 1. The summed E-state index contributed by atoms with van der Waals surface area (Å²) in [7, 11) is 0. The number of para-hydroxylation sites is 1. The molecule has 2 aliphatic rings. The second kappa shape index (κ2) is 7.85. The molecule has 2 aliphatic heterocycles. The van der Waals surface area contributed by atoms with Gasteiger partial charge in [0.05, 0.1) is 13.2 Å². The number of nitrogens with one attached hydrogen (secondary N) is 1. The summed E-state index contributed by atoms with van der Waals surface area (Å²) in [6.45, 7) is 5.76. The van der Waals surface area contributed by atoms with E-state index < -0.39 is 0 Å². The number of morpholine rings is 1. The van der Waals surface area contributed by atoms with Gasteiger partial charge in [-0.25, -0.2) is 4.98 Å². The molecule has 0 unspecified atom stereocenters. The van der Waals surface area contributed by atoms with Gasteiger partial charge in [0, 0.05) is 38.4 Å². The van der Waals surface area contributed by atoms with Gasteiger partial charge in [-0.15, -0.1) is 0 Å². The summed E-state index contributed by atoms with van der Waals surface area (Å²) in [6, 6.07) is 14.0. The van der Waals surface area contributed by atoms with Gasteiger partial charge < -0.3 is 15.0 Å². The Kier molecular flexibility index (Phi) is 5.13. The Bertz CT molecular complexity index is 774. The van der Waals surface area contributed by atoms with Gasteiger partial charge in [-0.05, 0) is 30.2 Å². The van der Waals surface area contributed by atoms with Crippen molar-refractivity contribution in [1.29, 1.82) is 0 Å². The summed E-state index contributed by atoms with van der Waals surface area (Å²) >= 11 is 0. The highest BCUT2D eigenvalue weighted by Gasteiger charge is 2.21. The molecule has 2 aromatic rings. The van der Waals surface area contributed by atoms with E-state index in [0.717, 1.165) is 51.6 Å². The van der Waals surface area contributed by atoms with Crippen molar-refractivity contribution in [2.24, 2.45) is 0 Å². The van der Waals surface area contributed by atoms with E-state index in [1.54, 1.807) is 6.07 Å². The summed E-state index contributed by atoms with van der Waals surface area (Å²) in [4.78, 5) is 21.5. The molecular weight excluding hydrogens is 328 g/mol. The number of nitrogens with zero attached hydrogens (tertiary/aromatic N) is 3. The molecule has 1 fully saturated rings. The molecule has 136 valence electrons. The van der Waals surface area contributed by atoms with Gasteiger partial charge >= 0.3 is 0 Å². The van der Waals surface area contributed by atoms with Crippen molar-refractivity contribution < 1.29 is 9.53 Å². The van der Waals surface area contributed by atoms with E-state index in [-0.39, 0.29) is 5.91 Å². The number of ether oxygens (including phenoxy) is 1. The molecule has 6 heteroatoms. The first-order valence-electron chi connectivity index (χ1n) is 9.22. The van der Waals surface area contributed by atoms with Crippen molar-refractivity contribution >= 4 is 17.4 Å². The van der Waals surface area contributed by atoms with Crippen LogP contribution >= 0.6 is 0 Å². The predicted octanol–water partition coefficient (Wildman–Crippen LogP) is 1.84. The number of aromatic nitrogens is 1. The number of pyridine rings is 1. The van der Waals surface area contributed by atoms with Crippen LogP contribution in [0.15, 0.2) is 42.5 Å². The largest absolute Gasteiger partial charge is 0.379 e. The molecule has 1 aromatic carbocycles. The van der Waals surface area contributed by atoms with Crippen LogP contribution < -0.4 is 10.2 Å². The quantitative estimate of drug-likeness (QED) is 0.890. The molecule has 1 saturated heterocycles. The maximum atomic E-state index is 12.5. The lowest BCUT2D eigenvalue weighted by Crippen LogP contribution is -2.41. The van der Waals surface area contributed by atoms with Crippen LogP contribution in [0, 0.1) is 0 Å². The van der Waals surface area contributed by atoms with Crippen LogP contribution in [0.5, 0.6) is 0 Å². The molecule has 0 aliphatic carbocycles. The summed E-state index contributed by atoms with van der Waals surface area (Å²) in [5, 5.41) is 2.98. The number of carbonyl (C=O) groups excluding carboxylic acids is 1. The Balaban J connectivity index is 1.39. The molecule has 0 atom stereocenters.